The molecule has 0 saturated heterocycles. The fourth-order valence-corrected chi connectivity index (χ4v) is 1.50. The number of amides is 1. The number of nitrogens with one attached hydrogen (secondary N) is 1. The Morgan fingerprint density at radius 1 is 1.53 bits per heavy atom. The average Bonchev–Trinajstić information content (AvgIpc) is 2.82. The van der Waals surface area contributed by atoms with E-state index < -0.39 is 12.5 Å². The molecule has 1 aromatic carbocycles. The summed E-state index contributed by atoms with van der Waals surface area (Å²) in [5.41, 5.74) is 1.08. The number of benzene rings is 1. The Morgan fingerprint density at radius 2 is 2.35 bits per heavy atom. The second-order valence-corrected chi connectivity index (χ2v) is 3.64. The Hall–Kier alpha value is -1.92. The molecule has 0 unspecified atom stereocenters. The maximum atomic E-state index is 11.2. The minimum absolute atomic E-state index is 0.460. The Morgan fingerprint density at radius 3 is 3.00 bits per heavy atom. The lowest BCUT2D eigenvalue weighted by Crippen LogP contribution is -2.17. The molecule has 6 nitrogen and oxygen atoms in total. The number of carbonyl (C=O) groups excluding carboxylic acids is 1. The highest BCUT2D eigenvalue weighted by Gasteiger charge is 2.09. The lowest BCUT2D eigenvalue weighted by atomic mass is 10.2. The Balaban J connectivity index is 2.41. The fraction of sp³-hybridized carbons (Fsp3) is 0.100. The van der Waals surface area contributed by atoms with E-state index in [0.29, 0.717) is 16.4 Å². The molecule has 1 amide bonds. The van der Waals surface area contributed by atoms with E-state index >= 15 is 0 Å². The van der Waals surface area contributed by atoms with Gasteiger partial charge in [0.2, 0.25) is 5.91 Å². The molecule has 17 heavy (non-hydrogen) atoms. The molecule has 0 spiro atoms. The zero-order valence-corrected chi connectivity index (χ0v) is 9.42. The van der Waals surface area contributed by atoms with Crippen LogP contribution in [0.1, 0.15) is 0 Å². The van der Waals surface area contributed by atoms with Gasteiger partial charge in [0.1, 0.15) is 19.3 Å². The van der Waals surface area contributed by atoms with Crippen LogP contribution in [0.2, 0.25) is 5.02 Å². The molecule has 0 saturated carbocycles. The van der Waals surface area contributed by atoms with Crippen molar-refractivity contribution in [2.45, 2.75) is 0 Å². The number of hydrogen-bond donors (Lipinski definition) is 2. The predicted octanol–water partition coefficient (Wildman–Crippen LogP) is 0.851. The molecule has 0 aliphatic carbocycles. The molecule has 1 heterocycles. The van der Waals surface area contributed by atoms with Gasteiger partial charge in [-0.05, 0) is 18.2 Å². The quantitative estimate of drug-likeness (QED) is 0.849. The molecule has 7 heteroatoms. The molecule has 88 valence electrons. The lowest BCUT2D eigenvalue weighted by Gasteiger charge is -2.10. The Kier molecular flexibility index (Phi) is 3.36. The number of anilines is 1. The van der Waals surface area contributed by atoms with E-state index in [9.17, 15) is 4.79 Å². The fourth-order valence-electron chi connectivity index (χ4n) is 1.33. The molecule has 2 rings (SSSR count). The molecule has 0 bridgehead atoms. The van der Waals surface area contributed by atoms with Crippen LogP contribution in [0.5, 0.6) is 0 Å². The van der Waals surface area contributed by atoms with Gasteiger partial charge >= 0.3 is 0 Å². The molecule has 0 radical (unpaired) electrons. The van der Waals surface area contributed by atoms with Crippen LogP contribution in [0.25, 0.3) is 5.69 Å². The van der Waals surface area contributed by atoms with Crippen LogP contribution in [0, 0.1) is 0 Å². The van der Waals surface area contributed by atoms with Crippen LogP contribution in [0.15, 0.2) is 30.9 Å². The van der Waals surface area contributed by atoms with Crippen molar-refractivity contribution in [3.8, 4) is 5.69 Å². The minimum Gasteiger partial charge on any atom is -0.387 e. The van der Waals surface area contributed by atoms with Crippen molar-refractivity contribution >= 4 is 23.2 Å². The standard InChI is InChI=1S/C10H9ClN4O2/c11-7-1-2-9(15-6-12-5-13-15)8(3-7)14-10(17)4-16/h1-3,5-6,16H,4H2,(H,14,17). The Bertz CT molecular complexity index is 527. The van der Waals surface area contributed by atoms with E-state index in [1.54, 1.807) is 18.2 Å². The summed E-state index contributed by atoms with van der Waals surface area (Å²) in [5.74, 6) is -0.520. The smallest absolute Gasteiger partial charge is 0.250 e. The summed E-state index contributed by atoms with van der Waals surface area (Å²) in [6, 6.07) is 4.95. The van der Waals surface area contributed by atoms with E-state index in [1.807, 2.05) is 0 Å². The van der Waals surface area contributed by atoms with E-state index in [0.717, 1.165) is 0 Å². The zero-order valence-electron chi connectivity index (χ0n) is 8.67. The van der Waals surface area contributed by atoms with E-state index in [-0.39, 0.29) is 0 Å². The number of halogens is 1. The summed E-state index contributed by atoms with van der Waals surface area (Å²) >= 11 is 5.85. The molecule has 2 aromatic rings. The van der Waals surface area contributed by atoms with Crippen LogP contribution < -0.4 is 5.32 Å². The summed E-state index contributed by atoms with van der Waals surface area (Å²) in [6.45, 7) is -0.594. The third-order valence-corrected chi connectivity index (χ3v) is 2.28. The molecule has 0 aliphatic rings. The second kappa shape index (κ2) is 4.94. The minimum atomic E-state index is -0.594. The third-order valence-electron chi connectivity index (χ3n) is 2.04. The van der Waals surface area contributed by atoms with Crippen molar-refractivity contribution in [2.24, 2.45) is 0 Å². The number of rotatable bonds is 3. The molecular formula is C10H9ClN4O2. The van der Waals surface area contributed by atoms with E-state index in [1.165, 1.54) is 17.3 Å². The molecule has 2 N–H and O–H groups in total. The summed E-state index contributed by atoms with van der Waals surface area (Å²) in [5, 5.41) is 15.7. The SMILES string of the molecule is O=C(CO)Nc1cc(Cl)ccc1-n1cncn1. The van der Waals surface area contributed by atoms with Crippen LogP contribution in [-0.4, -0.2) is 32.4 Å². The molecular weight excluding hydrogens is 244 g/mol. The van der Waals surface area contributed by atoms with E-state index in [2.05, 4.69) is 15.4 Å². The topological polar surface area (TPSA) is 80.0 Å². The monoisotopic (exact) mass is 252 g/mol. The summed E-state index contributed by atoms with van der Waals surface area (Å²) in [7, 11) is 0. The number of carbonyl (C=O) groups is 1. The first-order valence-electron chi connectivity index (χ1n) is 4.76. The number of hydrogen-bond acceptors (Lipinski definition) is 4. The summed E-state index contributed by atoms with van der Waals surface area (Å²) < 4.78 is 1.49. The van der Waals surface area contributed by atoms with Gasteiger partial charge in [0.15, 0.2) is 0 Å². The maximum Gasteiger partial charge on any atom is 0.250 e. The van der Waals surface area contributed by atoms with Crippen LogP contribution in [-0.2, 0) is 4.79 Å². The highest BCUT2D eigenvalue weighted by molar-refractivity contribution is 6.31. The molecule has 1 aromatic heterocycles. The van der Waals surface area contributed by atoms with Gasteiger partial charge in [-0.3, -0.25) is 4.79 Å². The highest BCUT2D eigenvalue weighted by Crippen LogP contribution is 2.23. The van der Waals surface area contributed by atoms with Crippen LogP contribution >= 0.6 is 11.6 Å². The van der Waals surface area contributed by atoms with E-state index in [4.69, 9.17) is 16.7 Å². The predicted molar refractivity (Wildman–Crippen MR) is 62.1 cm³/mol. The highest BCUT2D eigenvalue weighted by atomic mass is 35.5. The van der Waals surface area contributed by atoms with Gasteiger partial charge in [0.05, 0.1) is 11.4 Å². The summed E-state index contributed by atoms with van der Waals surface area (Å²) in [4.78, 5) is 15.0. The van der Waals surface area contributed by atoms with Crippen LogP contribution in [0.3, 0.4) is 0 Å². The van der Waals surface area contributed by atoms with Gasteiger partial charge in [-0.1, -0.05) is 11.6 Å². The van der Waals surface area contributed by atoms with Crippen molar-refractivity contribution in [3.05, 3.63) is 35.9 Å². The van der Waals surface area contributed by atoms with Crippen molar-refractivity contribution in [3.63, 3.8) is 0 Å². The molecule has 0 atom stereocenters. The Labute approximate surface area is 102 Å². The lowest BCUT2D eigenvalue weighted by molar-refractivity contribution is -0.118. The van der Waals surface area contributed by atoms with Gasteiger partial charge in [0, 0.05) is 5.02 Å². The van der Waals surface area contributed by atoms with Gasteiger partial charge in [-0.2, -0.15) is 5.10 Å². The molecule has 0 fully saturated rings. The van der Waals surface area contributed by atoms with Gasteiger partial charge in [-0.15, -0.1) is 0 Å². The van der Waals surface area contributed by atoms with Crippen molar-refractivity contribution in [1.82, 2.24) is 14.8 Å². The number of aliphatic hydroxyl groups is 1. The number of aromatic nitrogens is 3. The largest absolute Gasteiger partial charge is 0.387 e. The van der Waals surface area contributed by atoms with Crippen LogP contribution in [0.4, 0.5) is 5.69 Å². The molecule has 0 aliphatic heterocycles. The summed E-state index contributed by atoms with van der Waals surface area (Å²) in [6.07, 6.45) is 2.88. The number of nitrogens with zero attached hydrogens (tertiary/aromatic N) is 3. The van der Waals surface area contributed by atoms with Gasteiger partial charge < -0.3 is 10.4 Å². The van der Waals surface area contributed by atoms with Gasteiger partial charge in [0.25, 0.3) is 0 Å². The zero-order chi connectivity index (χ0) is 12.3. The first-order chi connectivity index (χ1) is 8.20. The number of aliphatic hydroxyl groups excluding tert-OH is 1. The maximum absolute atomic E-state index is 11.2. The van der Waals surface area contributed by atoms with Crippen molar-refractivity contribution < 1.29 is 9.90 Å². The van der Waals surface area contributed by atoms with Gasteiger partial charge in [-0.25, -0.2) is 9.67 Å². The van der Waals surface area contributed by atoms with Crippen molar-refractivity contribution in [1.29, 1.82) is 0 Å². The second-order valence-electron chi connectivity index (χ2n) is 3.21. The first kappa shape index (κ1) is 11.6. The first-order valence-corrected chi connectivity index (χ1v) is 5.14. The van der Waals surface area contributed by atoms with Crippen molar-refractivity contribution in [2.75, 3.05) is 11.9 Å². The third kappa shape index (κ3) is 2.61. The normalized spacial score (nSPS) is 10.2. The average molecular weight is 253 g/mol.